The molecule has 0 spiro atoms. The van der Waals surface area contributed by atoms with Crippen LogP contribution in [-0.4, -0.2) is 16.2 Å². The van der Waals surface area contributed by atoms with E-state index in [9.17, 15) is 9.90 Å². The van der Waals surface area contributed by atoms with Crippen LogP contribution < -0.4 is 0 Å². The molecule has 1 aliphatic carbocycles. The van der Waals surface area contributed by atoms with Gasteiger partial charge in [0.05, 0.1) is 0 Å². The molecule has 0 saturated carbocycles. The van der Waals surface area contributed by atoms with Crippen molar-refractivity contribution >= 4 is 5.97 Å². The van der Waals surface area contributed by atoms with E-state index in [0.717, 1.165) is 17.2 Å². The molecule has 1 atom stereocenters. The molecule has 1 unspecified atom stereocenters. The van der Waals surface area contributed by atoms with Gasteiger partial charge in [-0.05, 0) is 17.2 Å². The molecule has 92 valence electrons. The average molecular weight is 242 g/mol. The number of carbonyl (C=O) groups is 1. The Hall–Kier alpha value is -2.13. The molecular formula is C15H14O3. The first-order valence-electron chi connectivity index (χ1n) is 5.67. The summed E-state index contributed by atoms with van der Waals surface area (Å²) in [4.78, 5) is 10.5. The first kappa shape index (κ1) is 12.3. The maximum atomic E-state index is 10.6. The summed E-state index contributed by atoms with van der Waals surface area (Å²) >= 11 is 0. The zero-order valence-electron chi connectivity index (χ0n) is 9.78. The quantitative estimate of drug-likeness (QED) is 0.800. The third-order valence-electron chi connectivity index (χ3n) is 2.87. The molecule has 0 aromatic heterocycles. The van der Waals surface area contributed by atoms with Crippen LogP contribution in [0.5, 0.6) is 0 Å². The summed E-state index contributed by atoms with van der Waals surface area (Å²) in [6.45, 7) is 0. The van der Waals surface area contributed by atoms with E-state index in [1.165, 1.54) is 6.08 Å². The van der Waals surface area contributed by atoms with Crippen LogP contribution in [-0.2, 0) is 10.4 Å². The van der Waals surface area contributed by atoms with Gasteiger partial charge in [0.15, 0.2) is 0 Å². The van der Waals surface area contributed by atoms with Crippen molar-refractivity contribution in [2.24, 2.45) is 0 Å². The van der Waals surface area contributed by atoms with E-state index in [4.69, 9.17) is 5.11 Å². The van der Waals surface area contributed by atoms with Crippen molar-refractivity contribution in [3.05, 3.63) is 71.8 Å². The predicted octanol–water partition coefficient (Wildman–Crippen LogP) is 2.40. The topological polar surface area (TPSA) is 57.5 Å². The highest BCUT2D eigenvalue weighted by Crippen LogP contribution is 2.33. The number of aliphatic carboxylic acids is 1. The van der Waals surface area contributed by atoms with E-state index in [1.807, 2.05) is 30.3 Å². The zero-order chi connectivity index (χ0) is 13.0. The van der Waals surface area contributed by atoms with Crippen LogP contribution >= 0.6 is 0 Å². The standard InChI is InChI=1S/C15H14O3/c16-14(17)9-8-12-5-4-10-15(18,11-12)13-6-2-1-3-7-13/h1-10,18H,11H2,(H,16,17). The van der Waals surface area contributed by atoms with Crippen molar-refractivity contribution in [2.45, 2.75) is 12.0 Å². The van der Waals surface area contributed by atoms with Gasteiger partial charge >= 0.3 is 5.97 Å². The molecule has 2 rings (SSSR count). The molecule has 0 bridgehead atoms. The van der Waals surface area contributed by atoms with Crippen molar-refractivity contribution < 1.29 is 15.0 Å². The lowest BCUT2D eigenvalue weighted by Gasteiger charge is -2.28. The normalized spacial score (nSPS) is 23.1. The number of hydrogen-bond donors (Lipinski definition) is 2. The summed E-state index contributed by atoms with van der Waals surface area (Å²) in [5, 5.41) is 19.2. The van der Waals surface area contributed by atoms with E-state index in [-0.39, 0.29) is 0 Å². The van der Waals surface area contributed by atoms with Gasteiger partial charge < -0.3 is 10.2 Å². The van der Waals surface area contributed by atoms with Gasteiger partial charge in [0, 0.05) is 12.5 Å². The summed E-state index contributed by atoms with van der Waals surface area (Å²) in [5.41, 5.74) is 0.524. The first-order chi connectivity index (χ1) is 8.60. The molecule has 1 aromatic rings. The summed E-state index contributed by atoms with van der Waals surface area (Å²) in [7, 11) is 0. The Morgan fingerprint density at radius 1 is 1.28 bits per heavy atom. The molecule has 0 amide bonds. The van der Waals surface area contributed by atoms with E-state index in [0.29, 0.717) is 6.42 Å². The maximum Gasteiger partial charge on any atom is 0.328 e. The Morgan fingerprint density at radius 3 is 2.67 bits per heavy atom. The SMILES string of the molecule is O=C(O)C=CC1=CC=CC(O)(c2ccccc2)C1. The lowest BCUT2D eigenvalue weighted by Crippen LogP contribution is -2.24. The second kappa shape index (κ2) is 5.02. The van der Waals surface area contributed by atoms with Gasteiger partial charge in [-0.1, -0.05) is 48.6 Å². The second-order valence-electron chi connectivity index (χ2n) is 4.24. The Balaban J connectivity index is 2.22. The Labute approximate surface area is 105 Å². The molecule has 18 heavy (non-hydrogen) atoms. The molecule has 0 fully saturated rings. The van der Waals surface area contributed by atoms with Gasteiger partial charge in [0.25, 0.3) is 0 Å². The van der Waals surface area contributed by atoms with Crippen molar-refractivity contribution in [2.75, 3.05) is 0 Å². The van der Waals surface area contributed by atoms with E-state index < -0.39 is 11.6 Å². The smallest absolute Gasteiger partial charge is 0.328 e. The summed E-state index contributed by atoms with van der Waals surface area (Å²) in [6.07, 6.45) is 8.24. The molecule has 0 radical (unpaired) electrons. The first-order valence-corrected chi connectivity index (χ1v) is 5.67. The lowest BCUT2D eigenvalue weighted by atomic mass is 9.84. The third kappa shape index (κ3) is 2.76. The Morgan fingerprint density at radius 2 is 2.00 bits per heavy atom. The minimum atomic E-state index is -1.06. The number of hydrogen-bond acceptors (Lipinski definition) is 2. The Bertz CT molecular complexity index is 526. The van der Waals surface area contributed by atoms with Gasteiger partial charge in [-0.3, -0.25) is 0 Å². The fourth-order valence-electron chi connectivity index (χ4n) is 1.98. The lowest BCUT2D eigenvalue weighted by molar-refractivity contribution is -0.131. The molecule has 0 saturated heterocycles. The highest BCUT2D eigenvalue weighted by atomic mass is 16.4. The minimum Gasteiger partial charge on any atom is -0.478 e. The van der Waals surface area contributed by atoms with Gasteiger partial charge in [-0.2, -0.15) is 0 Å². The predicted molar refractivity (Wildman–Crippen MR) is 69.0 cm³/mol. The van der Waals surface area contributed by atoms with Crippen LogP contribution in [0, 0.1) is 0 Å². The molecule has 1 aromatic carbocycles. The number of aliphatic hydroxyl groups is 1. The number of carboxylic acids is 1. The molecule has 2 N–H and O–H groups in total. The van der Waals surface area contributed by atoms with Crippen molar-refractivity contribution in [1.29, 1.82) is 0 Å². The van der Waals surface area contributed by atoms with Crippen molar-refractivity contribution in [3.8, 4) is 0 Å². The number of carboxylic acid groups (broad SMARTS) is 1. The molecule has 0 heterocycles. The maximum absolute atomic E-state index is 10.6. The molecule has 3 heteroatoms. The highest BCUT2D eigenvalue weighted by molar-refractivity contribution is 5.80. The highest BCUT2D eigenvalue weighted by Gasteiger charge is 2.28. The van der Waals surface area contributed by atoms with E-state index in [2.05, 4.69) is 0 Å². The fourth-order valence-corrected chi connectivity index (χ4v) is 1.98. The largest absolute Gasteiger partial charge is 0.478 e. The number of benzene rings is 1. The monoisotopic (exact) mass is 242 g/mol. The summed E-state index contributed by atoms with van der Waals surface area (Å²) in [5.74, 6) is -0.992. The van der Waals surface area contributed by atoms with Crippen LogP contribution in [0.1, 0.15) is 12.0 Å². The average Bonchev–Trinajstić information content (AvgIpc) is 2.38. The van der Waals surface area contributed by atoms with Crippen molar-refractivity contribution in [1.82, 2.24) is 0 Å². The van der Waals surface area contributed by atoms with Crippen LogP contribution in [0.4, 0.5) is 0 Å². The number of allylic oxidation sites excluding steroid dienone is 3. The molecular weight excluding hydrogens is 228 g/mol. The second-order valence-corrected chi connectivity index (χ2v) is 4.24. The number of rotatable bonds is 3. The summed E-state index contributed by atoms with van der Waals surface area (Å²) < 4.78 is 0. The third-order valence-corrected chi connectivity index (χ3v) is 2.87. The van der Waals surface area contributed by atoms with Crippen LogP contribution in [0.25, 0.3) is 0 Å². The van der Waals surface area contributed by atoms with Gasteiger partial charge in [0.2, 0.25) is 0 Å². The van der Waals surface area contributed by atoms with Crippen molar-refractivity contribution in [3.63, 3.8) is 0 Å². The van der Waals surface area contributed by atoms with Crippen LogP contribution in [0.15, 0.2) is 66.3 Å². The molecule has 1 aliphatic rings. The fraction of sp³-hybridized carbons (Fsp3) is 0.133. The van der Waals surface area contributed by atoms with Gasteiger partial charge in [-0.25, -0.2) is 4.79 Å². The van der Waals surface area contributed by atoms with Gasteiger partial charge in [-0.15, -0.1) is 0 Å². The van der Waals surface area contributed by atoms with E-state index in [1.54, 1.807) is 18.2 Å². The van der Waals surface area contributed by atoms with Gasteiger partial charge in [0.1, 0.15) is 5.60 Å². The molecule has 0 aliphatic heterocycles. The summed E-state index contributed by atoms with van der Waals surface area (Å²) in [6, 6.07) is 9.33. The zero-order valence-corrected chi connectivity index (χ0v) is 9.78. The molecule has 3 nitrogen and oxygen atoms in total. The van der Waals surface area contributed by atoms with Crippen LogP contribution in [0.2, 0.25) is 0 Å². The van der Waals surface area contributed by atoms with Crippen LogP contribution in [0.3, 0.4) is 0 Å². The Kier molecular flexibility index (Phi) is 3.44. The van der Waals surface area contributed by atoms with E-state index >= 15 is 0 Å². The minimum absolute atomic E-state index is 0.372.